The van der Waals surface area contributed by atoms with Crippen LogP contribution in [0.25, 0.3) is 10.9 Å². The summed E-state index contributed by atoms with van der Waals surface area (Å²) in [6, 6.07) is 12.2. The van der Waals surface area contributed by atoms with Crippen LogP contribution in [-0.4, -0.2) is 34.1 Å². The first-order valence-corrected chi connectivity index (χ1v) is 8.50. The lowest BCUT2D eigenvalue weighted by molar-refractivity contribution is 0.523. The highest BCUT2D eigenvalue weighted by atomic mass is 35.5. The van der Waals surface area contributed by atoms with Crippen molar-refractivity contribution in [3.63, 3.8) is 0 Å². The maximum absolute atomic E-state index is 6.04. The van der Waals surface area contributed by atoms with Crippen LogP contribution in [0.4, 0.5) is 11.6 Å². The van der Waals surface area contributed by atoms with E-state index in [9.17, 15) is 0 Å². The zero-order valence-corrected chi connectivity index (χ0v) is 13.9. The largest absolute Gasteiger partial charge is 0.367 e. The van der Waals surface area contributed by atoms with Gasteiger partial charge in [-0.25, -0.2) is 15.0 Å². The minimum Gasteiger partial charge on any atom is -0.367 e. The minimum atomic E-state index is 0.402. The summed E-state index contributed by atoms with van der Waals surface area (Å²) in [4.78, 5) is 15.5. The van der Waals surface area contributed by atoms with Crippen LogP contribution in [0.2, 0.25) is 5.02 Å². The van der Waals surface area contributed by atoms with Crippen molar-refractivity contribution < 1.29 is 0 Å². The second-order valence-corrected chi connectivity index (χ2v) is 6.41. The molecule has 1 N–H and O–H groups in total. The molecule has 1 saturated heterocycles. The van der Waals surface area contributed by atoms with Crippen molar-refractivity contribution in [3.8, 4) is 0 Å². The molecule has 1 aliphatic rings. The first kappa shape index (κ1) is 15.1. The summed E-state index contributed by atoms with van der Waals surface area (Å²) in [6.07, 6.45) is 5.53. The van der Waals surface area contributed by atoms with Crippen molar-refractivity contribution in [1.29, 1.82) is 0 Å². The summed E-state index contributed by atoms with van der Waals surface area (Å²) in [5.41, 5.74) is 0.867. The molecule has 3 aromatic rings. The first-order valence-electron chi connectivity index (χ1n) is 8.12. The highest BCUT2D eigenvalue weighted by Gasteiger charge is 2.20. The molecule has 3 heterocycles. The van der Waals surface area contributed by atoms with Crippen LogP contribution in [0.15, 0.2) is 48.9 Å². The molecule has 122 valence electrons. The molecule has 0 atom stereocenters. The molecular formula is C18H18ClN5. The number of hydrogen-bond acceptors (Lipinski definition) is 5. The van der Waals surface area contributed by atoms with E-state index < -0.39 is 0 Å². The Balaban J connectivity index is 1.46. The van der Waals surface area contributed by atoms with Gasteiger partial charge in [-0.05, 0) is 43.2 Å². The Hall–Kier alpha value is -2.40. The predicted octanol–water partition coefficient (Wildman–Crippen LogP) is 3.76. The fraction of sp³-hybridized carbons (Fsp3) is 0.278. The van der Waals surface area contributed by atoms with Crippen molar-refractivity contribution in [2.75, 3.05) is 23.3 Å². The van der Waals surface area contributed by atoms with Crippen LogP contribution >= 0.6 is 11.6 Å². The van der Waals surface area contributed by atoms with Crippen molar-refractivity contribution in [2.45, 2.75) is 18.9 Å². The van der Waals surface area contributed by atoms with Crippen LogP contribution in [0, 0.1) is 0 Å². The molecule has 0 saturated carbocycles. The molecule has 0 bridgehead atoms. The first-order chi connectivity index (χ1) is 11.8. The lowest BCUT2D eigenvalue weighted by atomic mass is 10.0. The Morgan fingerprint density at radius 3 is 2.71 bits per heavy atom. The number of pyridine rings is 1. The molecule has 0 radical (unpaired) electrons. The van der Waals surface area contributed by atoms with Gasteiger partial charge in [0, 0.05) is 35.7 Å². The summed E-state index contributed by atoms with van der Waals surface area (Å²) in [5.74, 6) is 1.94. The van der Waals surface area contributed by atoms with Crippen molar-refractivity contribution in [1.82, 2.24) is 15.0 Å². The van der Waals surface area contributed by atoms with Gasteiger partial charge in [-0.2, -0.15) is 0 Å². The molecule has 1 aromatic carbocycles. The summed E-state index contributed by atoms with van der Waals surface area (Å²) in [7, 11) is 0. The number of rotatable bonds is 3. The van der Waals surface area contributed by atoms with Crippen LogP contribution in [0.5, 0.6) is 0 Å². The highest BCUT2D eigenvalue weighted by Crippen LogP contribution is 2.25. The second-order valence-electron chi connectivity index (χ2n) is 5.98. The number of halogens is 1. The maximum atomic E-state index is 6.04. The predicted molar refractivity (Wildman–Crippen MR) is 97.6 cm³/mol. The van der Waals surface area contributed by atoms with Crippen molar-refractivity contribution in [3.05, 3.63) is 53.9 Å². The fourth-order valence-corrected chi connectivity index (χ4v) is 3.30. The van der Waals surface area contributed by atoms with Gasteiger partial charge >= 0.3 is 0 Å². The van der Waals surface area contributed by atoms with Crippen molar-refractivity contribution >= 4 is 34.1 Å². The molecule has 2 aromatic heterocycles. The number of fused-ring (bicyclic) bond motifs is 1. The van der Waals surface area contributed by atoms with E-state index in [1.54, 1.807) is 6.33 Å². The molecule has 24 heavy (non-hydrogen) atoms. The average Bonchev–Trinajstić information content (AvgIpc) is 2.63. The van der Waals surface area contributed by atoms with Crippen LogP contribution in [-0.2, 0) is 0 Å². The molecule has 0 spiro atoms. The Morgan fingerprint density at radius 2 is 1.92 bits per heavy atom. The van der Waals surface area contributed by atoms with Gasteiger partial charge in [-0.3, -0.25) is 0 Å². The monoisotopic (exact) mass is 339 g/mol. The molecule has 4 rings (SSSR count). The zero-order valence-electron chi connectivity index (χ0n) is 13.2. The van der Waals surface area contributed by atoms with E-state index in [0.717, 1.165) is 48.5 Å². The molecule has 5 nitrogen and oxygen atoms in total. The Labute approximate surface area is 145 Å². The fourth-order valence-electron chi connectivity index (χ4n) is 3.13. The zero-order chi connectivity index (χ0) is 16.4. The third-order valence-electron chi connectivity index (χ3n) is 4.41. The summed E-state index contributed by atoms with van der Waals surface area (Å²) < 4.78 is 0. The normalized spacial score (nSPS) is 15.6. The third-order valence-corrected chi connectivity index (χ3v) is 4.64. The molecule has 6 heteroatoms. The Morgan fingerprint density at radius 1 is 1.04 bits per heavy atom. The average molecular weight is 340 g/mol. The van der Waals surface area contributed by atoms with Gasteiger partial charge in [-0.15, -0.1) is 0 Å². The Kier molecular flexibility index (Phi) is 4.17. The van der Waals surface area contributed by atoms with Gasteiger partial charge < -0.3 is 10.2 Å². The lowest BCUT2D eigenvalue weighted by Gasteiger charge is -2.33. The number of nitrogens with zero attached hydrogens (tertiary/aromatic N) is 4. The van der Waals surface area contributed by atoms with Crippen LogP contribution in [0.3, 0.4) is 0 Å². The van der Waals surface area contributed by atoms with Gasteiger partial charge in [-0.1, -0.05) is 17.7 Å². The second kappa shape index (κ2) is 6.61. The van der Waals surface area contributed by atoms with E-state index in [2.05, 4.69) is 31.2 Å². The Bertz CT molecular complexity index is 831. The third kappa shape index (κ3) is 3.12. The number of aromatic nitrogens is 3. The summed E-state index contributed by atoms with van der Waals surface area (Å²) >= 11 is 6.04. The highest BCUT2D eigenvalue weighted by molar-refractivity contribution is 6.31. The molecule has 0 unspecified atom stereocenters. The number of benzene rings is 1. The lowest BCUT2D eigenvalue weighted by Crippen LogP contribution is -2.39. The SMILES string of the molecule is Clc1ccc2c(NC3CCN(c4ccccn4)CC3)ncnc2c1. The standard InChI is InChI=1S/C18H18ClN5/c19-13-4-5-15-16(11-13)21-12-22-18(15)23-14-6-9-24(10-7-14)17-3-1-2-8-20-17/h1-5,8,11-12,14H,6-7,9-10H2,(H,21,22,23). The van der Waals surface area contributed by atoms with Gasteiger partial charge in [0.25, 0.3) is 0 Å². The van der Waals surface area contributed by atoms with Crippen LogP contribution in [0.1, 0.15) is 12.8 Å². The van der Waals surface area contributed by atoms with Crippen molar-refractivity contribution in [2.24, 2.45) is 0 Å². The molecule has 1 fully saturated rings. The van der Waals surface area contributed by atoms with E-state index in [0.29, 0.717) is 11.1 Å². The van der Waals surface area contributed by atoms with Gasteiger partial charge in [0.05, 0.1) is 5.52 Å². The molecule has 0 aliphatic carbocycles. The van der Waals surface area contributed by atoms with E-state index in [1.807, 2.05) is 36.5 Å². The number of hydrogen-bond donors (Lipinski definition) is 1. The molecule has 0 amide bonds. The van der Waals surface area contributed by atoms with Crippen LogP contribution < -0.4 is 10.2 Å². The minimum absolute atomic E-state index is 0.402. The molecular weight excluding hydrogens is 322 g/mol. The molecule has 1 aliphatic heterocycles. The van der Waals surface area contributed by atoms with Gasteiger partial charge in [0.1, 0.15) is 18.0 Å². The summed E-state index contributed by atoms with van der Waals surface area (Å²) in [6.45, 7) is 1.98. The van der Waals surface area contributed by atoms with Gasteiger partial charge in [0.2, 0.25) is 0 Å². The number of piperidine rings is 1. The van der Waals surface area contributed by atoms with Gasteiger partial charge in [0.15, 0.2) is 0 Å². The number of nitrogens with one attached hydrogen (secondary N) is 1. The maximum Gasteiger partial charge on any atom is 0.137 e. The van der Waals surface area contributed by atoms with E-state index in [-0.39, 0.29) is 0 Å². The number of anilines is 2. The smallest absolute Gasteiger partial charge is 0.137 e. The van der Waals surface area contributed by atoms with E-state index in [1.165, 1.54) is 0 Å². The topological polar surface area (TPSA) is 53.9 Å². The van der Waals surface area contributed by atoms with E-state index >= 15 is 0 Å². The van der Waals surface area contributed by atoms with E-state index in [4.69, 9.17) is 11.6 Å². The summed E-state index contributed by atoms with van der Waals surface area (Å²) in [5, 5.41) is 5.27. The quantitative estimate of drug-likeness (QED) is 0.787.